The lowest BCUT2D eigenvalue weighted by atomic mass is 9.88. The molecule has 1 fully saturated rings. The average Bonchev–Trinajstić information content (AvgIpc) is 2.82. The largest absolute Gasteiger partial charge is 0.403 e. The molecule has 1 atom stereocenters. The molecule has 0 aromatic heterocycles. The maximum atomic E-state index is 7.38. The smallest absolute Gasteiger partial charge is 0.209 e. The molecule has 1 aromatic rings. The van der Waals surface area contributed by atoms with Gasteiger partial charge in [0.1, 0.15) is 0 Å². The molecule has 0 N–H and O–H groups in total. The van der Waals surface area contributed by atoms with Gasteiger partial charge in [-0.15, -0.1) is 0 Å². The van der Waals surface area contributed by atoms with Crippen LogP contribution in [-0.2, 0) is 10.0 Å². The fourth-order valence-electron chi connectivity index (χ4n) is 4.76. The fourth-order valence-corrected chi connectivity index (χ4v) is 12.2. The van der Waals surface area contributed by atoms with Crippen LogP contribution in [0.4, 0.5) is 0 Å². The van der Waals surface area contributed by atoms with Crippen molar-refractivity contribution in [1.82, 2.24) is 0 Å². The Balaban J connectivity index is 2.82. The summed E-state index contributed by atoms with van der Waals surface area (Å²) in [5.74, 6) is 0. The molecule has 1 nitrogen and oxygen atoms in total. The molecule has 0 saturated carbocycles. The summed E-state index contributed by atoms with van der Waals surface area (Å²) in [5, 5.41) is 2.00. The molecule has 0 unspecified atom stereocenters. The first-order valence-electron chi connectivity index (χ1n) is 10.0. The summed E-state index contributed by atoms with van der Waals surface area (Å²) in [7, 11) is -3.50. The second kappa shape index (κ2) is 6.46. The zero-order valence-corrected chi connectivity index (χ0v) is 21.0. The predicted octanol–water partition coefficient (Wildman–Crippen LogP) is 7.67. The quantitative estimate of drug-likeness (QED) is 0.472. The Bertz CT molecular complexity index is 670. The van der Waals surface area contributed by atoms with E-state index in [2.05, 4.69) is 105 Å². The number of rotatable bonds is 2. The van der Waals surface area contributed by atoms with Crippen molar-refractivity contribution >= 4 is 16.4 Å². The van der Waals surface area contributed by atoms with Gasteiger partial charge in [-0.2, -0.15) is 0 Å². The summed E-state index contributed by atoms with van der Waals surface area (Å²) in [4.78, 5) is 0. The SMILES string of the molecule is C/C(=C1/C[Si](C(C)(C)C)(C(C)(C)C)O[C@@]1(C)c1ccccc1)[Si](C)(C)C. The number of hydrogen-bond donors (Lipinski definition) is 0. The zero-order chi connectivity index (χ0) is 20.2. The molecule has 0 spiro atoms. The highest BCUT2D eigenvalue weighted by atomic mass is 28.4. The Morgan fingerprint density at radius 1 is 0.962 bits per heavy atom. The minimum Gasteiger partial charge on any atom is -0.403 e. The molecule has 0 amide bonds. The third-order valence-electron chi connectivity index (χ3n) is 6.71. The molecule has 1 aliphatic heterocycles. The first-order valence-corrected chi connectivity index (χ1v) is 15.6. The summed E-state index contributed by atoms with van der Waals surface area (Å²) in [5.41, 5.74) is 2.60. The van der Waals surface area contributed by atoms with Crippen LogP contribution >= 0.6 is 0 Å². The Hall–Kier alpha value is -0.646. The number of allylic oxidation sites excluding steroid dienone is 1. The Kier molecular flexibility index (Phi) is 5.38. The van der Waals surface area contributed by atoms with Crippen molar-refractivity contribution in [2.45, 2.75) is 96.8 Å². The Morgan fingerprint density at radius 3 is 1.81 bits per heavy atom. The van der Waals surface area contributed by atoms with Crippen LogP contribution in [0, 0.1) is 0 Å². The normalized spacial score (nSPS) is 26.1. The minimum atomic E-state index is -2.09. The standard InChI is InChI=1S/C23H40OSi2/c1-18(25(9,10)11)20-17-26(21(2,3)4,22(5,6)7)24-23(20,8)19-15-13-12-14-16-19/h12-16H,17H2,1-11H3/b20-18+/t23-/m0/s1. The van der Waals surface area contributed by atoms with Gasteiger partial charge < -0.3 is 4.43 Å². The molecule has 0 aliphatic carbocycles. The van der Waals surface area contributed by atoms with E-state index in [0.717, 1.165) is 6.04 Å². The van der Waals surface area contributed by atoms with Crippen molar-refractivity contribution in [2.24, 2.45) is 0 Å². The average molecular weight is 389 g/mol. The van der Waals surface area contributed by atoms with Gasteiger partial charge in [-0.1, -0.05) is 96.7 Å². The van der Waals surface area contributed by atoms with Crippen molar-refractivity contribution in [2.75, 3.05) is 0 Å². The number of benzene rings is 1. The molecule has 3 heteroatoms. The van der Waals surface area contributed by atoms with Crippen molar-refractivity contribution in [3.63, 3.8) is 0 Å². The van der Waals surface area contributed by atoms with E-state index >= 15 is 0 Å². The van der Waals surface area contributed by atoms with Gasteiger partial charge in [-0.25, -0.2) is 0 Å². The summed E-state index contributed by atoms with van der Waals surface area (Å²) in [6.07, 6.45) is 0. The molecule has 1 heterocycles. The summed E-state index contributed by atoms with van der Waals surface area (Å²) in [6.45, 7) is 26.6. The lowest BCUT2D eigenvalue weighted by Crippen LogP contribution is -2.53. The van der Waals surface area contributed by atoms with Gasteiger partial charge >= 0.3 is 0 Å². The van der Waals surface area contributed by atoms with E-state index in [4.69, 9.17) is 4.43 Å². The highest BCUT2D eigenvalue weighted by Crippen LogP contribution is 2.64. The minimum absolute atomic E-state index is 0.183. The van der Waals surface area contributed by atoms with Crippen LogP contribution in [0.5, 0.6) is 0 Å². The lowest BCUT2D eigenvalue weighted by molar-refractivity contribution is 0.121. The monoisotopic (exact) mass is 388 g/mol. The van der Waals surface area contributed by atoms with E-state index in [1.807, 2.05) is 0 Å². The van der Waals surface area contributed by atoms with Crippen LogP contribution in [0.1, 0.15) is 61.0 Å². The van der Waals surface area contributed by atoms with Crippen LogP contribution in [-0.4, -0.2) is 16.4 Å². The van der Waals surface area contributed by atoms with Gasteiger partial charge in [-0.3, -0.25) is 0 Å². The summed E-state index contributed by atoms with van der Waals surface area (Å²) >= 11 is 0. The van der Waals surface area contributed by atoms with Crippen LogP contribution in [0.25, 0.3) is 0 Å². The van der Waals surface area contributed by atoms with Gasteiger partial charge in [0.15, 0.2) is 0 Å². The van der Waals surface area contributed by atoms with E-state index in [0.29, 0.717) is 0 Å². The molecule has 2 rings (SSSR count). The molecular formula is C23H40OSi2. The van der Waals surface area contributed by atoms with Crippen molar-refractivity contribution in [3.8, 4) is 0 Å². The van der Waals surface area contributed by atoms with Gasteiger partial charge in [0.25, 0.3) is 0 Å². The van der Waals surface area contributed by atoms with Gasteiger partial charge in [0.2, 0.25) is 8.32 Å². The van der Waals surface area contributed by atoms with E-state index in [9.17, 15) is 0 Å². The third-order valence-corrected chi connectivity index (χ3v) is 15.7. The topological polar surface area (TPSA) is 9.23 Å². The number of hydrogen-bond acceptors (Lipinski definition) is 1. The molecular weight excluding hydrogens is 348 g/mol. The Labute approximate surface area is 164 Å². The fraction of sp³-hybridized carbons (Fsp3) is 0.652. The van der Waals surface area contributed by atoms with E-state index < -0.39 is 16.4 Å². The second-order valence-electron chi connectivity index (χ2n) is 11.4. The highest BCUT2D eigenvalue weighted by molar-refractivity contribution is 6.84. The van der Waals surface area contributed by atoms with Crippen LogP contribution < -0.4 is 0 Å². The van der Waals surface area contributed by atoms with Crippen LogP contribution in [0.3, 0.4) is 0 Å². The first kappa shape index (κ1) is 21.7. The predicted molar refractivity (Wildman–Crippen MR) is 121 cm³/mol. The van der Waals surface area contributed by atoms with Crippen LogP contribution in [0.2, 0.25) is 35.8 Å². The molecule has 26 heavy (non-hydrogen) atoms. The molecule has 0 bridgehead atoms. The van der Waals surface area contributed by atoms with E-state index in [1.165, 1.54) is 5.56 Å². The molecule has 1 aliphatic rings. The third kappa shape index (κ3) is 3.43. The van der Waals surface area contributed by atoms with E-state index in [1.54, 1.807) is 10.8 Å². The highest BCUT2D eigenvalue weighted by Gasteiger charge is 2.64. The summed E-state index contributed by atoms with van der Waals surface area (Å²) in [6, 6.07) is 12.1. The zero-order valence-electron chi connectivity index (χ0n) is 19.0. The maximum absolute atomic E-state index is 7.38. The molecule has 1 aromatic carbocycles. The Morgan fingerprint density at radius 2 is 1.42 bits per heavy atom. The first-order chi connectivity index (χ1) is 11.6. The van der Waals surface area contributed by atoms with Crippen molar-refractivity contribution < 1.29 is 4.43 Å². The van der Waals surface area contributed by atoms with Crippen molar-refractivity contribution in [1.29, 1.82) is 0 Å². The van der Waals surface area contributed by atoms with Gasteiger partial charge in [0, 0.05) is 0 Å². The van der Waals surface area contributed by atoms with Gasteiger partial charge in [-0.05, 0) is 41.1 Å². The second-order valence-corrected chi connectivity index (χ2v) is 21.8. The lowest BCUT2D eigenvalue weighted by Gasteiger charge is -2.49. The van der Waals surface area contributed by atoms with Crippen LogP contribution in [0.15, 0.2) is 41.1 Å². The maximum Gasteiger partial charge on any atom is 0.209 e. The van der Waals surface area contributed by atoms with E-state index in [-0.39, 0.29) is 15.7 Å². The molecule has 146 valence electrons. The van der Waals surface area contributed by atoms with Gasteiger partial charge in [0.05, 0.1) is 13.7 Å². The summed E-state index contributed by atoms with van der Waals surface area (Å²) < 4.78 is 7.38. The molecule has 0 radical (unpaired) electrons. The molecule has 1 saturated heterocycles. The van der Waals surface area contributed by atoms with Crippen molar-refractivity contribution in [3.05, 3.63) is 46.7 Å².